The summed E-state index contributed by atoms with van der Waals surface area (Å²) in [6.45, 7) is 2.23. The van der Waals surface area contributed by atoms with Crippen molar-refractivity contribution < 1.29 is 17.6 Å². The topological polar surface area (TPSA) is 75.0 Å². The number of aryl methyl sites for hydroxylation is 1. The second kappa shape index (κ2) is 5.75. The minimum absolute atomic E-state index is 0.0997. The van der Waals surface area contributed by atoms with E-state index in [0.29, 0.717) is 12.2 Å². The number of imidazole rings is 1. The van der Waals surface area contributed by atoms with Crippen LogP contribution in [0.1, 0.15) is 16.1 Å². The fourth-order valence-electron chi connectivity index (χ4n) is 4.14. The van der Waals surface area contributed by atoms with Gasteiger partial charge in [-0.2, -0.15) is 4.39 Å². The molecule has 0 aliphatic carbocycles. The van der Waals surface area contributed by atoms with Gasteiger partial charge in [0.2, 0.25) is 5.95 Å². The van der Waals surface area contributed by atoms with Gasteiger partial charge in [0.25, 0.3) is 5.91 Å². The van der Waals surface area contributed by atoms with E-state index >= 15 is 0 Å². The number of rotatable bonds is 2. The van der Waals surface area contributed by atoms with Crippen molar-refractivity contribution in [2.24, 2.45) is 5.92 Å². The van der Waals surface area contributed by atoms with Gasteiger partial charge in [-0.05, 0) is 32.6 Å². The number of likely N-dealkylation sites (tertiary alicyclic amines) is 1. The molecule has 26 heavy (non-hydrogen) atoms. The molecule has 0 N–H and O–H groups in total. The smallest absolute Gasteiger partial charge is 0.277 e. The largest absolute Gasteiger partial charge is 0.335 e. The molecule has 1 amide bonds. The molecule has 140 valence electrons. The Hall–Kier alpha value is -2.00. The lowest BCUT2D eigenvalue weighted by molar-refractivity contribution is 0.0769. The minimum atomic E-state index is -3.26. The van der Waals surface area contributed by atoms with Crippen molar-refractivity contribution in [2.75, 3.05) is 32.9 Å². The van der Waals surface area contributed by atoms with Crippen LogP contribution in [0.5, 0.6) is 0 Å². The standard InChI is InChI=1S/C17H21FN4O3S/c1-10-4-5-14-19-15(16(18)22(14)6-10)17(23)21-7-11-12(20(2)3)9-26(24,25)13(11)8-21/h4-6,11-13H,7-9H2,1-3H3/t11-,12-,13-/m0/s1. The van der Waals surface area contributed by atoms with Crippen molar-refractivity contribution >= 4 is 21.4 Å². The van der Waals surface area contributed by atoms with Crippen LogP contribution in [0.25, 0.3) is 5.65 Å². The van der Waals surface area contributed by atoms with Crippen LogP contribution in [-0.4, -0.2) is 77.7 Å². The first-order valence-electron chi connectivity index (χ1n) is 8.50. The van der Waals surface area contributed by atoms with Gasteiger partial charge >= 0.3 is 0 Å². The highest BCUT2D eigenvalue weighted by Crippen LogP contribution is 2.36. The van der Waals surface area contributed by atoms with E-state index in [2.05, 4.69) is 4.98 Å². The molecule has 0 spiro atoms. The predicted molar refractivity (Wildman–Crippen MR) is 94.3 cm³/mol. The Morgan fingerprint density at radius 1 is 1.31 bits per heavy atom. The van der Waals surface area contributed by atoms with E-state index in [1.54, 1.807) is 18.3 Å². The number of amides is 1. The summed E-state index contributed by atoms with van der Waals surface area (Å²) in [5, 5.41) is -0.582. The molecule has 0 aromatic carbocycles. The van der Waals surface area contributed by atoms with Crippen LogP contribution < -0.4 is 0 Å². The lowest BCUT2D eigenvalue weighted by atomic mass is 10.00. The van der Waals surface area contributed by atoms with Gasteiger partial charge in [-0.15, -0.1) is 0 Å². The van der Waals surface area contributed by atoms with E-state index in [-0.39, 0.29) is 30.0 Å². The summed E-state index contributed by atoms with van der Waals surface area (Å²) in [4.78, 5) is 20.3. The lowest BCUT2D eigenvalue weighted by Crippen LogP contribution is -2.39. The van der Waals surface area contributed by atoms with E-state index in [4.69, 9.17) is 0 Å². The highest BCUT2D eigenvalue weighted by Gasteiger charge is 2.53. The summed E-state index contributed by atoms with van der Waals surface area (Å²) in [7, 11) is 0.427. The Morgan fingerprint density at radius 2 is 2.04 bits per heavy atom. The minimum Gasteiger partial charge on any atom is -0.335 e. The number of aromatic nitrogens is 2. The molecule has 3 atom stereocenters. The van der Waals surface area contributed by atoms with Crippen LogP contribution in [0, 0.1) is 18.8 Å². The van der Waals surface area contributed by atoms with Crippen molar-refractivity contribution in [3.63, 3.8) is 0 Å². The molecule has 4 heterocycles. The zero-order valence-electron chi connectivity index (χ0n) is 14.9. The number of pyridine rings is 1. The van der Waals surface area contributed by atoms with Gasteiger partial charge in [0, 0.05) is 31.2 Å². The quantitative estimate of drug-likeness (QED) is 0.762. The molecule has 2 aliphatic heterocycles. The summed E-state index contributed by atoms with van der Waals surface area (Å²) < 4.78 is 40.8. The second-order valence-electron chi connectivity index (χ2n) is 7.46. The number of hydrogen-bond donors (Lipinski definition) is 0. The zero-order chi connectivity index (χ0) is 18.8. The van der Waals surface area contributed by atoms with E-state index in [1.807, 2.05) is 25.9 Å². The highest BCUT2D eigenvalue weighted by atomic mass is 32.2. The normalized spacial score (nSPS) is 27.4. The van der Waals surface area contributed by atoms with Crippen molar-refractivity contribution in [1.82, 2.24) is 19.2 Å². The van der Waals surface area contributed by atoms with Crippen LogP contribution in [0.15, 0.2) is 18.3 Å². The second-order valence-corrected chi connectivity index (χ2v) is 9.72. The van der Waals surface area contributed by atoms with Crippen LogP contribution in [-0.2, 0) is 9.84 Å². The van der Waals surface area contributed by atoms with E-state index in [9.17, 15) is 17.6 Å². The van der Waals surface area contributed by atoms with Gasteiger partial charge in [-0.1, -0.05) is 6.07 Å². The maximum Gasteiger partial charge on any atom is 0.277 e. The maximum atomic E-state index is 14.7. The summed E-state index contributed by atoms with van der Waals surface area (Å²) in [6, 6.07) is 3.32. The van der Waals surface area contributed by atoms with Crippen LogP contribution in [0.4, 0.5) is 4.39 Å². The Labute approximate surface area is 151 Å². The predicted octanol–water partition coefficient (Wildman–Crippen LogP) is 0.581. The Bertz CT molecular complexity index is 1000. The number of nitrogens with zero attached hydrogens (tertiary/aromatic N) is 4. The SMILES string of the molecule is Cc1ccc2nc(C(=O)N3C[C@H]4[C@@H](N(C)C)CS(=O)(=O)[C@H]4C3)c(F)n2c1. The molecular weight excluding hydrogens is 359 g/mol. The molecule has 0 unspecified atom stereocenters. The molecule has 0 bridgehead atoms. The number of hydrogen-bond acceptors (Lipinski definition) is 5. The summed E-state index contributed by atoms with van der Waals surface area (Å²) >= 11 is 0. The fourth-order valence-corrected chi connectivity index (χ4v) is 6.62. The zero-order valence-corrected chi connectivity index (χ0v) is 15.7. The summed E-state index contributed by atoms with van der Waals surface area (Å²) in [6.07, 6.45) is 1.58. The van der Waals surface area contributed by atoms with Crippen molar-refractivity contribution in [3.8, 4) is 0 Å². The molecule has 2 saturated heterocycles. The molecule has 2 fully saturated rings. The van der Waals surface area contributed by atoms with Crippen molar-refractivity contribution in [2.45, 2.75) is 18.2 Å². The van der Waals surface area contributed by atoms with E-state index in [0.717, 1.165) is 5.56 Å². The lowest BCUT2D eigenvalue weighted by Gasteiger charge is -2.24. The molecule has 0 radical (unpaired) electrons. The molecule has 0 saturated carbocycles. The summed E-state index contributed by atoms with van der Waals surface area (Å²) in [5.74, 6) is -1.30. The first kappa shape index (κ1) is 17.4. The Balaban J connectivity index is 1.66. The third-order valence-electron chi connectivity index (χ3n) is 5.53. The molecule has 4 rings (SSSR count). The number of sulfone groups is 1. The van der Waals surface area contributed by atoms with E-state index < -0.39 is 26.9 Å². The third kappa shape index (κ3) is 2.52. The Morgan fingerprint density at radius 3 is 2.73 bits per heavy atom. The first-order chi connectivity index (χ1) is 12.2. The molecule has 2 aromatic rings. The van der Waals surface area contributed by atoms with Crippen LogP contribution in [0.3, 0.4) is 0 Å². The number of halogens is 1. The van der Waals surface area contributed by atoms with E-state index in [1.165, 1.54) is 9.30 Å². The van der Waals surface area contributed by atoms with Gasteiger partial charge in [-0.25, -0.2) is 13.4 Å². The number of carbonyl (C=O) groups excluding carboxylic acids is 1. The van der Waals surface area contributed by atoms with Crippen LogP contribution >= 0.6 is 0 Å². The number of fused-ring (bicyclic) bond motifs is 2. The molecule has 7 nitrogen and oxygen atoms in total. The molecule has 2 aliphatic rings. The third-order valence-corrected chi connectivity index (χ3v) is 7.76. The molecule has 9 heteroatoms. The Kier molecular flexibility index (Phi) is 3.85. The highest BCUT2D eigenvalue weighted by molar-refractivity contribution is 7.92. The van der Waals surface area contributed by atoms with Gasteiger partial charge < -0.3 is 9.80 Å². The summed E-state index contributed by atoms with van der Waals surface area (Å²) in [5.41, 5.74) is 0.951. The average molecular weight is 380 g/mol. The van der Waals surface area contributed by atoms with Crippen LogP contribution in [0.2, 0.25) is 0 Å². The monoisotopic (exact) mass is 380 g/mol. The van der Waals surface area contributed by atoms with Gasteiger partial charge in [0.1, 0.15) is 5.65 Å². The van der Waals surface area contributed by atoms with Crippen molar-refractivity contribution in [3.05, 3.63) is 35.5 Å². The van der Waals surface area contributed by atoms with Gasteiger partial charge in [-0.3, -0.25) is 9.20 Å². The molecular formula is C17H21FN4O3S. The average Bonchev–Trinajstić information content (AvgIpc) is 3.21. The maximum absolute atomic E-state index is 14.7. The van der Waals surface area contributed by atoms with Gasteiger partial charge in [0.15, 0.2) is 15.5 Å². The fraction of sp³-hybridized carbons (Fsp3) is 0.529. The number of carbonyl (C=O) groups is 1. The van der Waals surface area contributed by atoms with Crippen molar-refractivity contribution in [1.29, 1.82) is 0 Å². The molecule has 2 aromatic heterocycles. The van der Waals surface area contributed by atoms with Gasteiger partial charge in [0.05, 0.1) is 11.0 Å². The first-order valence-corrected chi connectivity index (χ1v) is 10.2.